The van der Waals surface area contributed by atoms with Gasteiger partial charge in [0.2, 0.25) is 11.8 Å². The first-order valence-corrected chi connectivity index (χ1v) is 11.6. The second-order valence-corrected chi connectivity index (χ2v) is 8.75. The van der Waals surface area contributed by atoms with E-state index < -0.39 is 23.3 Å². The van der Waals surface area contributed by atoms with Crippen molar-refractivity contribution in [2.45, 2.75) is 26.9 Å². The molecule has 190 valence electrons. The zero-order valence-corrected chi connectivity index (χ0v) is 20.7. The van der Waals surface area contributed by atoms with E-state index in [0.29, 0.717) is 22.3 Å². The molecule has 2 N–H and O–H groups in total. The van der Waals surface area contributed by atoms with Gasteiger partial charge in [-0.2, -0.15) is 4.98 Å². The standard InChI is InChI=1S/C25H23ClN6O5/c1-15-11-19(7-8-20(15)37-21-12-27-9-10-28-21)29-23-30-24(35)32(13-16(2)22(33)34)25(36)31(23)14-17-3-5-18(26)6-4-17/h3-12,16H,13-14H2,1-2H3,(H,33,34)(H,29,30,35)/t16-/m0/s1. The molecule has 2 aromatic heterocycles. The number of halogens is 1. The highest BCUT2D eigenvalue weighted by Crippen LogP contribution is 2.27. The van der Waals surface area contributed by atoms with Crippen LogP contribution in [0, 0.1) is 12.8 Å². The van der Waals surface area contributed by atoms with Crippen LogP contribution in [0.25, 0.3) is 0 Å². The molecule has 4 rings (SSSR count). The van der Waals surface area contributed by atoms with E-state index in [1.807, 2.05) is 6.92 Å². The van der Waals surface area contributed by atoms with Gasteiger partial charge in [0, 0.05) is 29.6 Å². The van der Waals surface area contributed by atoms with E-state index in [9.17, 15) is 19.5 Å². The molecule has 1 atom stereocenters. The van der Waals surface area contributed by atoms with E-state index in [1.54, 1.807) is 48.7 Å². The summed E-state index contributed by atoms with van der Waals surface area (Å²) in [4.78, 5) is 49.5. The van der Waals surface area contributed by atoms with Gasteiger partial charge in [0.1, 0.15) is 5.75 Å². The van der Waals surface area contributed by atoms with Crippen molar-refractivity contribution >= 4 is 29.2 Å². The topological polar surface area (TPSA) is 141 Å². The summed E-state index contributed by atoms with van der Waals surface area (Å²) >= 11 is 5.98. The summed E-state index contributed by atoms with van der Waals surface area (Å²) in [6.07, 6.45) is 4.55. The molecule has 0 saturated heterocycles. The predicted molar refractivity (Wildman–Crippen MR) is 137 cm³/mol. The van der Waals surface area contributed by atoms with Crippen LogP contribution in [-0.2, 0) is 17.9 Å². The third-order valence-corrected chi connectivity index (χ3v) is 5.72. The Morgan fingerprint density at radius 3 is 2.54 bits per heavy atom. The SMILES string of the molecule is Cc1cc(Nc2nc(=O)n(C[C@H](C)C(=O)O)c(=O)n2Cc2ccc(Cl)cc2)ccc1Oc1cnccn1. The quantitative estimate of drug-likeness (QED) is 0.338. The lowest BCUT2D eigenvalue weighted by atomic mass is 10.2. The number of carbonyl (C=O) groups is 1. The number of hydrogen-bond acceptors (Lipinski definition) is 8. The summed E-state index contributed by atoms with van der Waals surface area (Å²) in [6.45, 7) is 3.00. The van der Waals surface area contributed by atoms with E-state index in [4.69, 9.17) is 16.3 Å². The van der Waals surface area contributed by atoms with Gasteiger partial charge in [0.25, 0.3) is 0 Å². The Labute approximate surface area is 216 Å². The maximum atomic E-state index is 13.3. The Morgan fingerprint density at radius 1 is 1.14 bits per heavy atom. The van der Waals surface area contributed by atoms with Crippen molar-refractivity contribution in [2.75, 3.05) is 5.32 Å². The minimum Gasteiger partial charge on any atom is -0.481 e. The number of ether oxygens (including phenoxy) is 1. The largest absolute Gasteiger partial charge is 0.481 e. The second-order valence-electron chi connectivity index (χ2n) is 8.31. The van der Waals surface area contributed by atoms with Gasteiger partial charge in [0.15, 0.2) is 0 Å². The minimum absolute atomic E-state index is 0.00572. The first-order valence-electron chi connectivity index (χ1n) is 11.2. The number of hydrogen-bond donors (Lipinski definition) is 2. The first kappa shape index (κ1) is 25.6. The Hall–Kier alpha value is -4.51. The summed E-state index contributed by atoms with van der Waals surface area (Å²) in [5.41, 5.74) is 0.497. The van der Waals surface area contributed by atoms with Gasteiger partial charge in [-0.1, -0.05) is 30.7 Å². The zero-order valence-electron chi connectivity index (χ0n) is 20.0. The Morgan fingerprint density at radius 2 is 1.89 bits per heavy atom. The smallest absolute Gasteiger partial charge is 0.354 e. The molecule has 4 aromatic rings. The first-order chi connectivity index (χ1) is 17.7. The Kier molecular flexibility index (Phi) is 7.63. The van der Waals surface area contributed by atoms with Crippen LogP contribution < -0.4 is 21.4 Å². The lowest BCUT2D eigenvalue weighted by Gasteiger charge is -2.17. The van der Waals surface area contributed by atoms with E-state index in [2.05, 4.69) is 20.3 Å². The molecule has 0 bridgehead atoms. The monoisotopic (exact) mass is 522 g/mol. The highest BCUT2D eigenvalue weighted by molar-refractivity contribution is 6.30. The second kappa shape index (κ2) is 11.0. The molecule has 12 heteroatoms. The van der Waals surface area contributed by atoms with Crippen LogP contribution in [0.1, 0.15) is 18.1 Å². The van der Waals surface area contributed by atoms with Gasteiger partial charge in [-0.25, -0.2) is 19.1 Å². The van der Waals surface area contributed by atoms with Crippen molar-refractivity contribution in [2.24, 2.45) is 5.92 Å². The highest BCUT2D eigenvalue weighted by atomic mass is 35.5. The Balaban J connectivity index is 1.70. The predicted octanol–water partition coefficient (Wildman–Crippen LogP) is 3.46. The molecular weight excluding hydrogens is 500 g/mol. The molecule has 0 radical (unpaired) electrons. The van der Waals surface area contributed by atoms with E-state index in [1.165, 1.54) is 23.9 Å². The maximum absolute atomic E-state index is 13.3. The summed E-state index contributed by atoms with van der Waals surface area (Å²) < 4.78 is 7.85. The van der Waals surface area contributed by atoms with Crippen LogP contribution >= 0.6 is 11.6 Å². The maximum Gasteiger partial charge on any atom is 0.354 e. The number of rotatable bonds is 9. The molecule has 0 aliphatic heterocycles. The van der Waals surface area contributed by atoms with Gasteiger partial charge >= 0.3 is 17.3 Å². The van der Waals surface area contributed by atoms with E-state index >= 15 is 0 Å². The summed E-state index contributed by atoms with van der Waals surface area (Å²) in [7, 11) is 0. The molecule has 0 unspecified atom stereocenters. The van der Waals surface area contributed by atoms with Crippen molar-refractivity contribution in [3.8, 4) is 11.6 Å². The molecule has 0 saturated carbocycles. The lowest BCUT2D eigenvalue weighted by Crippen LogP contribution is -2.44. The third kappa shape index (κ3) is 6.19. The molecule has 2 aromatic carbocycles. The number of carboxylic acid groups (broad SMARTS) is 1. The molecule has 0 fully saturated rings. The number of benzene rings is 2. The number of nitrogens with zero attached hydrogens (tertiary/aromatic N) is 5. The average Bonchev–Trinajstić information content (AvgIpc) is 2.87. The molecule has 0 aliphatic carbocycles. The molecule has 0 spiro atoms. The van der Waals surface area contributed by atoms with E-state index in [-0.39, 0.29) is 19.0 Å². The van der Waals surface area contributed by atoms with Crippen molar-refractivity contribution in [1.29, 1.82) is 0 Å². The molecule has 0 amide bonds. The number of aliphatic carboxylic acids is 1. The van der Waals surface area contributed by atoms with Crippen molar-refractivity contribution in [3.63, 3.8) is 0 Å². The van der Waals surface area contributed by atoms with Gasteiger partial charge in [-0.15, -0.1) is 0 Å². The molecule has 11 nitrogen and oxygen atoms in total. The normalized spacial score (nSPS) is 11.6. The van der Waals surface area contributed by atoms with Gasteiger partial charge in [-0.3, -0.25) is 14.3 Å². The molecule has 37 heavy (non-hydrogen) atoms. The number of carboxylic acids is 1. The zero-order chi connectivity index (χ0) is 26.5. The summed E-state index contributed by atoms with van der Waals surface area (Å²) in [5.74, 6) is -1.19. The molecular formula is C25H23ClN6O5. The lowest BCUT2D eigenvalue weighted by molar-refractivity contribution is -0.141. The third-order valence-electron chi connectivity index (χ3n) is 5.47. The fraction of sp³-hybridized carbons (Fsp3) is 0.200. The average molecular weight is 523 g/mol. The number of nitrogens with one attached hydrogen (secondary N) is 1. The van der Waals surface area contributed by atoms with Crippen LogP contribution in [0.15, 0.2) is 70.6 Å². The minimum atomic E-state index is -1.13. The van der Waals surface area contributed by atoms with Crippen LogP contribution in [-0.4, -0.2) is 35.2 Å². The van der Waals surface area contributed by atoms with Crippen LogP contribution in [0.5, 0.6) is 11.6 Å². The van der Waals surface area contributed by atoms with Crippen LogP contribution in [0.3, 0.4) is 0 Å². The van der Waals surface area contributed by atoms with Crippen LogP contribution in [0.2, 0.25) is 5.02 Å². The number of aryl methyl sites for hydroxylation is 1. The van der Waals surface area contributed by atoms with Crippen molar-refractivity contribution in [3.05, 3.63) is 98.2 Å². The molecule has 0 aliphatic rings. The van der Waals surface area contributed by atoms with Crippen molar-refractivity contribution < 1.29 is 14.6 Å². The van der Waals surface area contributed by atoms with Crippen molar-refractivity contribution in [1.82, 2.24) is 24.1 Å². The summed E-state index contributed by atoms with van der Waals surface area (Å²) in [6, 6.07) is 12.0. The van der Waals surface area contributed by atoms with Gasteiger partial charge in [0.05, 0.1) is 18.7 Å². The van der Waals surface area contributed by atoms with E-state index in [0.717, 1.165) is 15.7 Å². The van der Waals surface area contributed by atoms with Gasteiger partial charge < -0.3 is 15.2 Å². The summed E-state index contributed by atoms with van der Waals surface area (Å²) in [5, 5.41) is 12.8. The molecule has 2 heterocycles. The fourth-order valence-electron chi connectivity index (χ4n) is 3.47. The van der Waals surface area contributed by atoms with Crippen LogP contribution in [0.4, 0.5) is 11.6 Å². The number of aromatic nitrogens is 5. The van der Waals surface area contributed by atoms with Gasteiger partial charge in [-0.05, 0) is 48.4 Å². The Bertz CT molecular complexity index is 1540. The number of anilines is 2. The fourth-order valence-corrected chi connectivity index (χ4v) is 3.60. The highest BCUT2D eigenvalue weighted by Gasteiger charge is 2.19.